The minimum absolute atomic E-state index is 0.113. The highest BCUT2D eigenvalue weighted by molar-refractivity contribution is 6.09. The summed E-state index contributed by atoms with van der Waals surface area (Å²) in [7, 11) is 0. The third-order valence-electron chi connectivity index (χ3n) is 9.39. The summed E-state index contributed by atoms with van der Waals surface area (Å²) in [5.74, 6) is -1.30. The monoisotopic (exact) mass is 643 g/mol. The molecule has 47 heavy (non-hydrogen) atoms. The lowest BCUT2D eigenvalue weighted by Crippen LogP contribution is -2.52. The summed E-state index contributed by atoms with van der Waals surface area (Å²) in [6, 6.07) is 6.91. The van der Waals surface area contributed by atoms with E-state index >= 15 is 0 Å². The number of rotatable bonds is 6. The molecule has 1 saturated heterocycles. The van der Waals surface area contributed by atoms with Gasteiger partial charge in [-0.1, -0.05) is 6.07 Å². The molecule has 4 aromatic heterocycles. The number of hydrogen-bond acceptors (Lipinski definition) is 6. The van der Waals surface area contributed by atoms with E-state index in [-0.39, 0.29) is 36.0 Å². The average molecular weight is 644 g/mol. The van der Waals surface area contributed by atoms with E-state index < -0.39 is 23.8 Å². The largest absolute Gasteiger partial charge is 0.433 e. The van der Waals surface area contributed by atoms with Gasteiger partial charge in [0.2, 0.25) is 11.8 Å². The van der Waals surface area contributed by atoms with Crippen molar-refractivity contribution in [2.24, 2.45) is 5.92 Å². The van der Waals surface area contributed by atoms with Crippen molar-refractivity contribution in [3.8, 4) is 11.1 Å². The van der Waals surface area contributed by atoms with E-state index in [9.17, 15) is 27.6 Å². The maximum Gasteiger partial charge on any atom is 0.433 e. The Morgan fingerprint density at radius 1 is 1.00 bits per heavy atom. The number of aryl methyl sites for hydroxylation is 3. The number of Topliss-reactive ketones (excluding diaryl/α,β-unsaturated/α-hetero) is 1. The highest BCUT2D eigenvalue weighted by Crippen LogP contribution is 2.43. The highest BCUT2D eigenvalue weighted by atomic mass is 19.4. The molecule has 242 valence electrons. The molecule has 2 aliphatic rings. The van der Waals surface area contributed by atoms with Crippen LogP contribution < -0.4 is 5.32 Å². The molecule has 2 fully saturated rings. The first-order valence-corrected chi connectivity index (χ1v) is 15.4. The first kappa shape index (κ1) is 30.6. The SMILES string of the molecule is CC(=O)c1cn(CC(=O)N2[C@H]3CC[C@H](C3)[C@H]2C(=O)Nc2nc(C(F)(F)F)ccc2C)c2c(C)cc(-c3cnc4cc(C)nn4c3)cc12. The molecular weight excluding hydrogens is 611 g/mol. The third kappa shape index (κ3) is 5.33. The molecule has 7 rings (SSSR count). The van der Waals surface area contributed by atoms with Crippen LogP contribution in [0.15, 0.2) is 48.9 Å². The molecule has 2 amide bonds. The standard InChI is InChI=1S/C34H32F3N7O3/c1-17-5-8-27(34(35,36)37)39-32(17)40-33(47)31-21-6-7-24(11-21)44(31)29(46)16-42-15-26(20(4)45)25-12-22(9-18(2)30(25)42)23-13-38-28-10-19(3)41-43(28)14-23/h5,8-10,12-15,21,24,31H,6-7,11,16H2,1-4H3,(H,39,40,47)/t21-,24+,31+/m1/s1. The van der Waals surface area contributed by atoms with Gasteiger partial charge in [0.1, 0.15) is 24.1 Å². The lowest BCUT2D eigenvalue weighted by Gasteiger charge is -2.34. The number of ketones is 1. The lowest BCUT2D eigenvalue weighted by atomic mass is 9.97. The number of aromatic nitrogens is 5. The van der Waals surface area contributed by atoms with Crippen LogP contribution in [0.2, 0.25) is 0 Å². The second-order valence-corrected chi connectivity index (χ2v) is 12.7. The number of carbonyl (C=O) groups excluding carboxylic acids is 3. The quantitative estimate of drug-likeness (QED) is 0.230. The maximum atomic E-state index is 14.0. The number of fused-ring (bicyclic) bond motifs is 4. The minimum atomic E-state index is -4.66. The summed E-state index contributed by atoms with van der Waals surface area (Å²) in [5.41, 5.74) is 4.54. The zero-order chi connectivity index (χ0) is 33.4. The summed E-state index contributed by atoms with van der Waals surface area (Å²) >= 11 is 0. The summed E-state index contributed by atoms with van der Waals surface area (Å²) in [6.07, 6.45) is 2.77. The molecular formula is C34H32F3N7O3. The van der Waals surface area contributed by atoms with Crippen molar-refractivity contribution < 1.29 is 27.6 Å². The number of nitrogens with one attached hydrogen (secondary N) is 1. The Morgan fingerprint density at radius 3 is 2.53 bits per heavy atom. The van der Waals surface area contributed by atoms with Crippen molar-refractivity contribution in [2.75, 3.05) is 5.32 Å². The third-order valence-corrected chi connectivity index (χ3v) is 9.39. The molecule has 1 saturated carbocycles. The molecule has 2 bridgehead atoms. The number of halogens is 3. The smallest absolute Gasteiger partial charge is 0.337 e. The van der Waals surface area contributed by atoms with Crippen molar-refractivity contribution in [3.63, 3.8) is 0 Å². The minimum Gasteiger partial charge on any atom is -0.337 e. The number of anilines is 1. The molecule has 0 spiro atoms. The van der Waals surface area contributed by atoms with Gasteiger partial charge in [-0.3, -0.25) is 14.4 Å². The molecule has 3 atom stereocenters. The lowest BCUT2D eigenvalue weighted by molar-refractivity contribution is -0.141. The van der Waals surface area contributed by atoms with Crippen LogP contribution in [0, 0.1) is 26.7 Å². The number of piperidine rings is 1. The second kappa shape index (κ2) is 11.0. The van der Waals surface area contributed by atoms with Crippen molar-refractivity contribution in [1.29, 1.82) is 0 Å². The van der Waals surface area contributed by atoms with Crippen LogP contribution in [0.3, 0.4) is 0 Å². The Balaban J connectivity index is 1.20. The number of alkyl halides is 3. The molecule has 5 aromatic rings. The van der Waals surface area contributed by atoms with Gasteiger partial charge in [-0.25, -0.2) is 14.5 Å². The van der Waals surface area contributed by atoms with Crippen molar-refractivity contribution in [1.82, 2.24) is 29.0 Å². The summed E-state index contributed by atoms with van der Waals surface area (Å²) in [5, 5.41) is 7.74. The van der Waals surface area contributed by atoms with Crippen LogP contribution >= 0.6 is 0 Å². The molecule has 13 heteroatoms. The van der Waals surface area contributed by atoms with Gasteiger partial charge in [-0.2, -0.15) is 18.3 Å². The van der Waals surface area contributed by atoms with Crippen LogP contribution in [0.4, 0.5) is 19.0 Å². The Labute approximate surface area is 267 Å². The highest BCUT2D eigenvalue weighted by Gasteiger charge is 2.51. The van der Waals surface area contributed by atoms with E-state index in [1.165, 1.54) is 13.0 Å². The molecule has 1 aromatic carbocycles. The zero-order valence-electron chi connectivity index (χ0n) is 26.2. The number of amides is 2. The van der Waals surface area contributed by atoms with E-state index in [1.54, 1.807) is 33.3 Å². The van der Waals surface area contributed by atoms with Crippen LogP contribution in [0.1, 0.15) is 59.1 Å². The molecule has 10 nitrogen and oxygen atoms in total. The van der Waals surface area contributed by atoms with E-state index in [1.807, 2.05) is 38.2 Å². The van der Waals surface area contributed by atoms with E-state index in [0.29, 0.717) is 22.9 Å². The Bertz CT molecular complexity index is 2120. The fourth-order valence-electron chi connectivity index (χ4n) is 7.29. The van der Waals surface area contributed by atoms with Crippen LogP contribution in [0.25, 0.3) is 27.7 Å². The van der Waals surface area contributed by atoms with E-state index in [4.69, 9.17) is 0 Å². The van der Waals surface area contributed by atoms with Crippen LogP contribution in [-0.2, 0) is 22.3 Å². The van der Waals surface area contributed by atoms with Gasteiger partial charge >= 0.3 is 6.18 Å². The van der Waals surface area contributed by atoms with Crippen molar-refractivity contribution in [3.05, 3.63) is 77.0 Å². The van der Waals surface area contributed by atoms with Gasteiger partial charge in [-0.15, -0.1) is 0 Å². The predicted molar refractivity (Wildman–Crippen MR) is 168 cm³/mol. The van der Waals surface area contributed by atoms with Crippen LogP contribution in [0.5, 0.6) is 0 Å². The molecule has 0 unspecified atom stereocenters. The van der Waals surface area contributed by atoms with E-state index in [0.717, 1.165) is 52.5 Å². The fraction of sp³-hybridized carbons (Fsp3) is 0.353. The number of likely N-dealkylation sites (tertiary alicyclic amines) is 1. The summed E-state index contributed by atoms with van der Waals surface area (Å²) < 4.78 is 43.5. The Morgan fingerprint density at radius 2 is 1.79 bits per heavy atom. The Kier molecular flexibility index (Phi) is 7.17. The van der Waals surface area contributed by atoms with E-state index in [2.05, 4.69) is 20.4 Å². The fourth-order valence-corrected chi connectivity index (χ4v) is 7.29. The van der Waals surface area contributed by atoms with Crippen molar-refractivity contribution in [2.45, 2.75) is 71.8 Å². The Hall–Kier alpha value is -5.07. The first-order valence-electron chi connectivity index (χ1n) is 15.4. The van der Waals surface area contributed by atoms with Gasteiger partial charge in [0, 0.05) is 47.2 Å². The van der Waals surface area contributed by atoms with Crippen LogP contribution in [-0.4, -0.2) is 58.7 Å². The average Bonchev–Trinajstić information content (AvgIpc) is 3.79. The number of benzene rings is 1. The second-order valence-electron chi connectivity index (χ2n) is 12.7. The zero-order valence-corrected chi connectivity index (χ0v) is 26.2. The molecule has 0 radical (unpaired) electrons. The topological polar surface area (TPSA) is 114 Å². The van der Waals surface area contributed by atoms with Gasteiger partial charge in [0.15, 0.2) is 11.4 Å². The predicted octanol–water partition coefficient (Wildman–Crippen LogP) is 5.91. The molecule has 1 aliphatic carbocycles. The normalized spacial score (nSPS) is 19.2. The van der Waals surface area contributed by atoms with Gasteiger partial charge in [-0.05, 0) is 87.8 Å². The number of hydrogen-bond donors (Lipinski definition) is 1. The first-order chi connectivity index (χ1) is 22.3. The summed E-state index contributed by atoms with van der Waals surface area (Å²) in [6.45, 7) is 6.74. The molecule has 5 heterocycles. The van der Waals surface area contributed by atoms with Gasteiger partial charge < -0.3 is 14.8 Å². The molecule has 1 aliphatic heterocycles. The summed E-state index contributed by atoms with van der Waals surface area (Å²) in [4.78, 5) is 50.2. The maximum absolute atomic E-state index is 14.0. The van der Waals surface area contributed by atoms with Gasteiger partial charge in [0.25, 0.3) is 0 Å². The number of nitrogens with zero attached hydrogens (tertiary/aromatic N) is 6. The number of pyridine rings is 1. The molecule has 1 N–H and O–H groups in total. The number of carbonyl (C=O) groups is 3. The van der Waals surface area contributed by atoms with Gasteiger partial charge in [0.05, 0.1) is 11.2 Å². The van der Waals surface area contributed by atoms with Crippen molar-refractivity contribution >= 4 is 40.0 Å².